The van der Waals surface area contributed by atoms with E-state index < -0.39 is 6.10 Å². The van der Waals surface area contributed by atoms with Gasteiger partial charge in [0.25, 0.3) is 0 Å². The van der Waals surface area contributed by atoms with Crippen molar-refractivity contribution < 1.29 is 28.6 Å². The summed E-state index contributed by atoms with van der Waals surface area (Å²) in [6.45, 7) is 6.70. The molecule has 452 valence electrons. The lowest BCUT2D eigenvalue weighted by Gasteiger charge is -2.18. The number of esters is 3. The average molecular weight is 1070 g/mol. The first-order valence-corrected chi connectivity index (χ1v) is 35.0. The first-order valence-electron chi connectivity index (χ1n) is 35.0. The Hall–Kier alpha value is -1.59. The largest absolute Gasteiger partial charge is 0.462 e. The van der Waals surface area contributed by atoms with E-state index in [1.807, 2.05) is 0 Å². The zero-order valence-electron chi connectivity index (χ0n) is 52.1. The minimum absolute atomic E-state index is 0.0611. The van der Waals surface area contributed by atoms with Crippen LogP contribution in [0.2, 0.25) is 0 Å². The van der Waals surface area contributed by atoms with Crippen molar-refractivity contribution in [3.8, 4) is 0 Å². The molecule has 0 heterocycles. The first-order chi connectivity index (χ1) is 37.5. The summed E-state index contributed by atoms with van der Waals surface area (Å²) >= 11 is 0. The summed E-state index contributed by atoms with van der Waals surface area (Å²) in [4.78, 5) is 38.2. The van der Waals surface area contributed by atoms with Crippen molar-refractivity contribution >= 4 is 17.9 Å². The molecule has 1 atom stereocenters. The Morgan fingerprint density at radius 2 is 0.355 bits per heavy atom. The van der Waals surface area contributed by atoms with E-state index in [0.717, 1.165) is 57.8 Å². The van der Waals surface area contributed by atoms with Gasteiger partial charge in [-0.25, -0.2) is 0 Å². The second-order valence-electron chi connectivity index (χ2n) is 24.2. The molecule has 1 unspecified atom stereocenters. The van der Waals surface area contributed by atoms with Crippen LogP contribution in [0.1, 0.15) is 412 Å². The van der Waals surface area contributed by atoms with Gasteiger partial charge in [-0.2, -0.15) is 0 Å². The van der Waals surface area contributed by atoms with Crippen molar-refractivity contribution in [2.24, 2.45) is 0 Å². The second-order valence-corrected chi connectivity index (χ2v) is 24.2. The summed E-state index contributed by atoms with van der Waals surface area (Å²) in [7, 11) is 0. The van der Waals surface area contributed by atoms with Crippen LogP contribution in [0.15, 0.2) is 0 Å². The van der Waals surface area contributed by atoms with E-state index in [9.17, 15) is 14.4 Å². The van der Waals surface area contributed by atoms with Crippen LogP contribution in [-0.4, -0.2) is 37.2 Å². The Bertz CT molecular complexity index is 1140. The molecular weight excluding hydrogens is 937 g/mol. The van der Waals surface area contributed by atoms with E-state index in [-0.39, 0.29) is 31.1 Å². The highest BCUT2D eigenvalue weighted by Gasteiger charge is 2.19. The van der Waals surface area contributed by atoms with Crippen molar-refractivity contribution in [2.75, 3.05) is 13.2 Å². The Labute approximate surface area is 476 Å². The molecule has 0 saturated carbocycles. The van der Waals surface area contributed by atoms with E-state index in [1.165, 1.54) is 315 Å². The predicted octanol–water partition coefficient (Wildman–Crippen LogP) is 23.8. The van der Waals surface area contributed by atoms with Gasteiger partial charge in [0.1, 0.15) is 13.2 Å². The molecule has 0 N–H and O–H groups in total. The van der Waals surface area contributed by atoms with E-state index in [2.05, 4.69) is 20.8 Å². The third kappa shape index (κ3) is 63.2. The molecule has 76 heavy (non-hydrogen) atoms. The third-order valence-electron chi connectivity index (χ3n) is 16.4. The molecule has 0 rings (SSSR count). The molecule has 0 bridgehead atoms. The number of carbonyl (C=O) groups is 3. The van der Waals surface area contributed by atoms with Crippen LogP contribution in [-0.2, 0) is 28.6 Å². The van der Waals surface area contributed by atoms with Crippen molar-refractivity contribution in [1.82, 2.24) is 0 Å². The lowest BCUT2D eigenvalue weighted by molar-refractivity contribution is -0.167. The molecule has 0 aliphatic carbocycles. The Kier molecular flexibility index (Phi) is 64.5. The molecule has 6 heteroatoms. The zero-order chi connectivity index (χ0) is 55.0. The molecule has 0 aliphatic rings. The first kappa shape index (κ1) is 74.4. The van der Waals surface area contributed by atoms with Gasteiger partial charge < -0.3 is 14.2 Å². The summed E-state index contributed by atoms with van der Waals surface area (Å²) in [6, 6.07) is 0. The Morgan fingerprint density at radius 1 is 0.211 bits per heavy atom. The van der Waals surface area contributed by atoms with E-state index in [4.69, 9.17) is 14.2 Å². The molecule has 0 amide bonds. The van der Waals surface area contributed by atoms with Crippen LogP contribution < -0.4 is 0 Å². The van der Waals surface area contributed by atoms with Gasteiger partial charge in [0.15, 0.2) is 6.10 Å². The van der Waals surface area contributed by atoms with Crippen LogP contribution in [0.5, 0.6) is 0 Å². The van der Waals surface area contributed by atoms with E-state index >= 15 is 0 Å². The maximum Gasteiger partial charge on any atom is 0.306 e. The Morgan fingerprint density at radius 3 is 0.526 bits per heavy atom. The molecule has 0 radical (unpaired) electrons. The molecule has 0 fully saturated rings. The van der Waals surface area contributed by atoms with Crippen LogP contribution in [0.25, 0.3) is 0 Å². The Balaban J connectivity index is 3.98. The summed E-state index contributed by atoms with van der Waals surface area (Å²) in [5, 5.41) is 0. The van der Waals surface area contributed by atoms with Gasteiger partial charge in [0.05, 0.1) is 0 Å². The third-order valence-corrected chi connectivity index (χ3v) is 16.4. The maximum absolute atomic E-state index is 12.9. The molecule has 0 aliphatic heterocycles. The van der Waals surface area contributed by atoms with Crippen LogP contribution in [0.3, 0.4) is 0 Å². The monoisotopic (exact) mass is 1070 g/mol. The van der Waals surface area contributed by atoms with Crippen LogP contribution >= 0.6 is 0 Å². The number of hydrogen-bond acceptors (Lipinski definition) is 6. The highest BCUT2D eigenvalue weighted by Crippen LogP contribution is 2.19. The van der Waals surface area contributed by atoms with Gasteiger partial charge in [-0.15, -0.1) is 0 Å². The fourth-order valence-corrected chi connectivity index (χ4v) is 11.1. The zero-order valence-corrected chi connectivity index (χ0v) is 52.1. The molecule has 0 spiro atoms. The lowest BCUT2D eigenvalue weighted by Crippen LogP contribution is -2.30. The van der Waals surface area contributed by atoms with Crippen molar-refractivity contribution in [1.29, 1.82) is 0 Å². The second kappa shape index (κ2) is 65.9. The molecule has 0 aromatic heterocycles. The summed E-state index contributed by atoms with van der Waals surface area (Å²) in [5.74, 6) is -0.831. The van der Waals surface area contributed by atoms with Gasteiger partial charge in [-0.05, 0) is 19.3 Å². The standard InChI is InChI=1S/C70H136O6/c1-4-7-10-13-16-19-21-23-25-27-29-30-31-32-33-34-35-36-37-38-39-40-42-43-45-47-49-51-54-57-60-63-69(72)75-66-67(65-74-68(71)62-59-56-53-18-15-12-9-6-3)76-70(73)64-61-58-55-52-50-48-46-44-41-28-26-24-22-20-17-14-11-8-5-2/h67H,4-66H2,1-3H3. The minimum atomic E-state index is -0.761. The smallest absolute Gasteiger partial charge is 0.306 e. The highest BCUT2D eigenvalue weighted by molar-refractivity contribution is 5.71. The SMILES string of the molecule is CCCCCCCCCCCCCCCCCCCCCCCCCCCCCCCCCC(=O)OCC(COC(=O)CCCCCCCCCC)OC(=O)CCCCCCCCCCCCCCCCCCCCC. The number of ether oxygens (including phenoxy) is 3. The number of hydrogen-bond donors (Lipinski definition) is 0. The average Bonchev–Trinajstić information content (AvgIpc) is 3.42. The van der Waals surface area contributed by atoms with Crippen LogP contribution in [0.4, 0.5) is 0 Å². The number of carbonyl (C=O) groups excluding carboxylic acids is 3. The van der Waals surface area contributed by atoms with Gasteiger partial charge in [0.2, 0.25) is 0 Å². The fourth-order valence-electron chi connectivity index (χ4n) is 11.1. The summed E-state index contributed by atoms with van der Waals surface area (Å²) in [5.41, 5.74) is 0. The van der Waals surface area contributed by atoms with Gasteiger partial charge >= 0.3 is 17.9 Å². The van der Waals surface area contributed by atoms with Crippen molar-refractivity contribution in [3.05, 3.63) is 0 Å². The van der Waals surface area contributed by atoms with E-state index in [0.29, 0.717) is 19.3 Å². The van der Waals surface area contributed by atoms with Crippen molar-refractivity contribution in [2.45, 2.75) is 419 Å². The lowest BCUT2D eigenvalue weighted by atomic mass is 10.0. The van der Waals surface area contributed by atoms with Gasteiger partial charge in [-0.1, -0.05) is 374 Å². The molecule has 0 aromatic rings. The molecule has 0 saturated heterocycles. The molecular formula is C70H136O6. The topological polar surface area (TPSA) is 78.9 Å². The minimum Gasteiger partial charge on any atom is -0.462 e. The quantitative estimate of drug-likeness (QED) is 0.0343. The number of rotatable bonds is 66. The number of unbranched alkanes of at least 4 members (excludes halogenated alkanes) is 55. The molecule has 6 nitrogen and oxygen atoms in total. The van der Waals surface area contributed by atoms with Gasteiger partial charge in [0, 0.05) is 19.3 Å². The maximum atomic E-state index is 12.9. The summed E-state index contributed by atoms with van der Waals surface area (Å²) in [6.07, 6.45) is 77.4. The van der Waals surface area contributed by atoms with Crippen LogP contribution in [0, 0.1) is 0 Å². The predicted molar refractivity (Wildman–Crippen MR) is 330 cm³/mol. The normalized spacial score (nSPS) is 11.9. The van der Waals surface area contributed by atoms with Crippen molar-refractivity contribution in [3.63, 3.8) is 0 Å². The summed E-state index contributed by atoms with van der Waals surface area (Å²) < 4.78 is 16.9. The van der Waals surface area contributed by atoms with Gasteiger partial charge in [-0.3, -0.25) is 14.4 Å². The van der Waals surface area contributed by atoms with E-state index in [1.54, 1.807) is 0 Å². The highest BCUT2D eigenvalue weighted by atomic mass is 16.6. The fraction of sp³-hybridized carbons (Fsp3) is 0.957. The molecule has 0 aromatic carbocycles.